The Balaban J connectivity index is 0.542. The summed E-state index contributed by atoms with van der Waals surface area (Å²) >= 11 is 0. The van der Waals surface area contributed by atoms with Crippen molar-refractivity contribution in [1.82, 2.24) is 44.9 Å². The van der Waals surface area contributed by atoms with Crippen LogP contribution in [0.15, 0.2) is 444 Å². The Kier molecular flexibility index (Phi) is 17.5. The van der Waals surface area contributed by atoms with Crippen molar-refractivity contribution >= 4 is 152 Å². The molecular weight excluding hydrogens is 1680 g/mol. The molecule has 6 heterocycles. The lowest BCUT2D eigenvalue weighted by Gasteiger charge is -2.14. The molecule has 0 atom stereocenters. The van der Waals surface area contributed by atoms with Gasteiger partial charge in [-0.25, -0.2) is 44.9 Å². The molecule has 0 fully saturated rings. The van der Waals surface area contributed by atoms with E-state index in [1.165, 1.54) is 0 Å². The lowest BCUT2D eigenvalue weighted by Crippen LogP contribution is -2.01. The van der Waals surface area contributed by atoms with Gasteiger partial charge in [0.05, 0.1) is 0 Å². The molecule has 0 N–H and O–H groups in total. The van der Waals surface area contributed by atoms with Crippen molar-refractivity contribution in [3.63, 3.8) is 0 Å². The summed E-state index contributed by atoms with van der Waals surface area (Å²) in [7, 11) is 0. The largest absolute Gasteiger partial charge is 0.456 e. The second kappa shape index (κ2) is 31.0. The van der Waals surface area contributed by atoms with E-state index < -0.39 is 0 Å². The fourth-order valence-corrected chi connectivity index (χ4v) is 20.7. The van der Waals surface area contributed by atoms with Gasteiger partial charge in [0.15, 0.2) is 52.4 Å². The van der Waals surface area contributed by atoms with Gasteiger partial charge in [-0.3, -0.25) is 0 Å². The van der Waals surface area contributed by atoms with Crippen molar-refractivity contribution in [2.75, 3.05) is 0 Å². The van der Waals surface area contributed by atoms with Gasteiger partial charge < -0.3 is 13.3 Å². The summed E-state index contributed by atoms with van der Waals surface area (Å²) in [4.78, 5) is 48.8. The highest BCUT2D eigenvalue weighted by Gasteiger charge is 2.27. The minimum atomic E-state index is 0.514. The number of aromatic nitrogens is 9. The maximum atomic E-state index is 6.86. The predicted octanol–water partition coefficient (Wildman–Crippen LogP) is 32.8. The zero-order valence-corrected chi connectivity index (χ0v) is 73.2. The summed E-state index contributed by atoms with van der Waals surface area (Å²) in [6.45, 7) is 0. The van der Waals surface area contributed by atoms with Gasteiger partial charge in [0.2, 0.25) is 0 Å². The first-order chi connectivity index (χ1) is 67.8. The second-order valence-corrected chi connectivity index (χ2v) is 35.3. The minimum Gasteiger partial charge on any atom is -0.456 e. The zero-order chi connectivity index (χ0) is 89.9. The van der Waals surface area contributed by atoms with Gasteiger partial charge in [-0.2, -0.15) is 0 Å². The first-order valence-corrected chi connectivity index (χ1v) is 46.0. The summed E-state index contributed by atoms with van der Waals surface area (Å²) in [5.41, 5.74) is 20.8. The van der Waals surface area contributed by atoms with Gasteiger partial charge in [-0.1, -0.05) is 358 Å². The first kappa shape index (κ1) is 77.1. The fourth-order valence-electron chi connectivity index (χ4n) is 20.7. The molecule has 137 heavy (non-hydrogen) atoms. The number of para-hydroxylation sites is 3. The normalized spacial score (nSPS) is 11.9. The summed E-state index contributed by atoms with van der Waals surface area (Å²) in [5.74, 6) is 4.87. The van der Waals surface area contributed by atoms with Gasteiger partial charge in [0, 0.05) is 98.5 Å². The molecule has 12 heteroatoms. The molecule has 28 rings (SSSR count). The number of benzene rings is 22. The van der Waals surface area contributed by atoms with Gasteiger partial charge in [0.1, 0.15) is 33.5 Å². The number of rotatable bonds is 13. The molecule has 0 spiro atoms. The molecule has 22 aromatic carbocycles. The Bertz CT molecular complexity index is 9940. The van der Waals surface area contributed by atoms with E-state index in [0.717, 1.165) is 247 Å². The highest BCUT2D eigenvalue weighted by Crippen LogP contribution is 2.49. The van der Waals surface area contributed by atoms with E-state index in [1.807, 2.05) is 72.8 Å². The molecular formula is C125H71N9O3. The van der Waals surface area contributed by atoms with Crippen LogP contribution >= 0.6 is 0 Å². The van der Waals surface area contributed by atoms with Crippen LogP contribution in [0.2, 0.25) is 0 Å². The van der Waals surface area contributed by atoms with E-state index in [1.54, 1.807) is 0 Å². The molecule has 0 saturated heterocycles. The van der Waals surface area contributed by atoms with Gasteiger partial charge in [-0.05, 0) is 187 Å². The van der Waals surface area contributed by atoms with Crippen LogP contribution in [-0.2, 0) is 0 Å². The van der Waals surface area contributed by atoms with Gasteiger partial charge in [-0.15, -0.1) is 0 Å². The monoisotopic (exact) mass is 1750 g/mol. The fraction of sp³-hybridized carbons (Fsp3) is 0. The van der Waals surface area contributed by atoms with Crippen molar-refractivity contribution in [1.29, 1.82) is 0 Å². The maximum Gasteiger partial charge on any atom is 0.164 e. The molecule has 6 aromatic heterocycles. The Hall–Kier alpha value is -18.7. The Morgan fingerprint density at radius 2 is 0.350 bits per heavy atom. The van der Waals surface area contributed by atoms with Crippen LogP contribution in [0.5, 0.6) is 0 Å². The second-order valence-electron chi connectivity index (χ2n) is 35.3. The maximum absolute atomic E-state index is 6.86. The van der Waals surface area contributed by atoms with E-state index in [0.29, 0.717) is 52.4 Å². The average Bonchev–Trinajstić information content (AvgIpc) is 1.65. The van der Waals surface area contributed by atoms with E-state index in [2.05, 4.69) is 358 Å². The third kappa shape index (κ3) is 13.0. The van der Waals surface area contributed by atoms with Gasteiger partial charge in [0.25, 0.3) is 0 Å². The van der Waals surface area contributed by atoms with Crippen molar-refractivity contribution < 1.29 is 13.3 Å². The highest BCUT2D eigenvalue weighted by molar-refractivity contribution is 6.32. The third-order valence-corrected chi connectivity index (χ3v) is 27.3. The summed E-state index contributed by atoms with van der Waals surface area (Å²) in [6, 6.07) is 151. The number of fused-ring (bicyclic) bond motifs is 23. The van der Waals surface area contributed by atoms with Crippen LogP contribution in [0.1, 0.15) is 0 Å². The molecule has 0 aliphatic heterocycles. The van der Waals surface area contributed by atoms with Crippen molar-refractivity contribution in [2.24, 2.45) is 0 Å². The standard InChI is InChI=1S/C125H71N9O3/c1-3-21-72(22-4-1)73-41-49-81(50-42-73)118-126-119(131-123(130-118)102-69-108-114(99-35-13-16-38-105(99)135-108)111-93-32-10-7-23-77(93)57-60-96(102)111)82-51-43-74(44-52-82)86-53-45-75-47-55-89(67-91(75)65-86)121-128-122(134-125(133-121)104-71-110-116(101-37-15-18-40-107(101)137-110)113-95-34-12-9-25-79(95)59-62-98(104)113)90-56-48-76-46-54-87(66-92(76)68-90)84-29-19-28-83(63-84)85-30-20-31-88(64-85)120-127-117(80-26-5-2-6-27-80)129-124(132-120)103-70-109-115(100-36-14-17-39-106(100)136-109)112-94-33-11-8-24-78(94)58-61-97(103)112/h1-71H. The van der Waals surface area contributed by atoms with Crippen molar-refractivity contribution in [3.05, 3.63) is 431 Å². The number of hydrogen-bond donors (Lipinski definition) is 0. The summed E-state index contributed by atoms with van der Waals surface area (Å²) in [5, 5.41) is 23.6. The predicted molar refractivity (Wildman–Crippen MR) is 559 cm³/mol. The number of furan rings is 3. The van der Waals surface area contributed by atoms with Crippen LogP contribution in [0.4, 0.5) is 0 Å². The lowest BCUT2D eigenvalue weighted by atomic mass is 9.94. The van der Waals surface area contributed by atoms with E-state index >= 15 is 0 Å². The Morgan fingerprint density at radius 3 is 0.737 bits per heavy atom. The van der Waals surface area contributed by atoms with Crippen LogP contribution in [0, 0.1) is 0 Å². The van der Waals surface area contributed by atoms with Crippen LogP contribution in [-0.4, -0.2) is 44.9 Å². The smallest absolute Gasteiger partial charge is 0.164 e. The molecule has 28 aromatic rings. The molecule has 0 aliphatic rings. The molecule has 0 bridgehead atoms. The zero-order valence-electron chi connectivity index (χ0n) is 73.2. The Morgan fingerprint density at radius 1 is 0.117 bits per heavy atom. The van der Waals surface area contributed by atoms with Gasteiger partial charge >= 0.3 is 0 Å². The van der Waals surface area contributed by atoms with Crippen LogP contribution in [0.3, 0.4) is 0 Å². The average molecular weight is 1750 g/mol. The third-order valence-electron chi connectivity index (χ3n) is 27.3. The SMILES string of the molecule is c1ccc(-c2ccc(-c3nc(-c4ccc(-c5ccc6ccc(-c7nc(-c8ccc9ccc(-c%10cccc(-c%11cccc(-c%12nc(-c%13ccccc%13)nc(-c%13cc%14oc%15ccccc%15c%14c%14c%13ccc%13ccccc%13%14)n%12)c%11)c%10)cc9c8)nc(-c8cc9oc%10ccccc%10c9c9c8ccc8ccccc89)n7)cc6c5)cc4)nc(-c4cc5oc6ccccc6c5c5c4ccc4ccccc45)n3)cc2)cc1. The molecule has 0 aliphatic carbocycles. The molecule has 0 saturated carbocycles. The van der Waals surface area contributed by atoms with Crippen molar-refractivity contribution in [2.45, 2.75) is 0 Å². The van der Waals surface area contributed by atoms with Crippen LogP contribution < -0.4 is 0 Å². The molecule has 634 valence electrons. The Labute approximate surface area is 782 Å². The van der Waals surface area contributed by atoms with Crippen LogP contribution in [0.25, 0.3) is 299 Å². The molecule has 12 nitrogen and oxygen atoms in total. The quantitative estimate of drug-likeness (QED) is 0.101. The molecule has 0 unspecified atom stereocenters. The topological polar surface area (TPSA) is 155 Å². The summed E-state index contributed by atoms with van der Waals surface area (Å²) < 4.78 is 20.3. The first-order valence-electron chi connectivity index (χ1n) is 46.0. The van der Waals surface area contributed by atoms with E-state index in [4.69, 9.17) is 58.1 Å². The van der Waals surface area contributed by atoms with Crippen molar-refractivity contribution in [3.8, 4) is 147 Å². The van der Waals surface area contributed by atoms with E-state index in [9.17, 15) is 0 Å². The number of hydrogen-bond acceptors (Lipinski definition) is 12. The molecule has 0 amide bonds. The molecule has 0 radical (unpaired) electrons. The summed E-state index contributed by atoms with van der Waals surface area (Å²) in [6.07, 6.45) is 0. The minimum absolute atomic E-state index is 0.514. The van der Waals surface area contributed by atoms with E-state index in [-0.39, 0.29) is 0 Å². The lowest BCUT2D eigenvalue weighted by molar-refractivity contribution is 0.669. The number of nitrogens with zero attached hydrogens (tertiary/aromatic N) is 9. The highest BCUT2D eigenvalue weighted by atomic mass is 16.3.